The maximum Gasteiger partial charge on any atom is 0.335 e. The average Bonchev–Trinajstić information content (AvgIpc) is 3.61. The van der Waals surface area contributed by atoms with Gasteiger partial charge < -0.3 is 20.1 Å². The van der Waals surface area contributed by atoms with Crippen LogP contribution in [0.4, 0.5) is 5.82 Å². The summed E-state index contributed by atoms with van der Waals surface area (Å²) in [5, 5.41) is 10.0. The van der Waals surface area contributed by atoms with Crippen LogP contribution in [0.3, 0.4) is 0 Å². The van der Waals surface area contributed by atoms with Gasteiger partial charge in [-0.2, -0.15) is 5.26 Å². The number of anilines is 1. The molecular weight excluding hydrogens is 572 g/mol. The van der Waals surface area contributed by atoms with Crippen molar-refractivity contribution in [2.24, 2.45) is 0 Å². The molecule has 4 aromatic rings. The highest BCUT2D eigenvalue weighted by Crippen LogP contribution is 2.30. The van der Waals surface area contributed by atoms with Gasteiger partial charge in [0, 0.05) is 18.6 Å². The van der Waals surface area contributed by atoms with E-state index < -0.39 is 5.54 Å². The Morgan fingerprint density at radius 3 is 2.51 bits per heavy atom. The van der Waals surface area contributed by atoms with Crippen LogP contribution in [0.25, 0.3) is 16.9 Å². The number of benzene rings is 2. The number of aromatic nitrogens is 4. The quantitative estimate of drug-likeness (QED) is 0.222. The van der Waals surface area contributed by atoms with E-state index in [9.17, 15) is 14.9 Å². The third-order valence-corrected chi connectivity index (χ3v) is 8.56. The van der Waals surface area contributed by atoms with Crippen molar-refractivity contribution in [1.82, 2.24) is 28.9 Å². The average molecular weight is 609 g/mol. The second-order valence-electron chi connectivity index (χ2n) is 11.8. The van der Waals surface area contributed by atoms with E-state index in [2.05, 4.69) is 27.9 Å². The zero-order chi connectivity index (χ0) is 31.7. The summed E-state index contributed by atoms with van der Waals surface area (Å²) in [6.45, 7) is 8.74. The minimum Gasteiger partial charge on any atom is -0.457 e. The molecule has 232 valence electrons. The highest BCUT2D eigenvalue weighted by molar-refractivity contribution is 5.97. The van der Waals surface area contributed by atoms with Crippen molar-refractivity contribution in [3.8, 4) is 23.3 Å². The van der Waals surface area contributed by atoms with E-state index in [0.717, 1.165) is 6.54 Å². The van der Waals surface area contributed by atoms with Gasteiger partial charge in [0.2, 0.25) is 0 Å². The number of hydrogen-bond donors (Lipinski definition) is 1. The zero-order valence-corrected chi connectivity index (χ0v) is 25.6. The van der Waals surface area contributed by atoms with Gasteiger partial charge in [0.05, 0.1) is 31.0 Å². The Hall–Kier alpha value is -4.99. The number of nitrogens with two attached hydrogens (primary N) is 1. The summed E-state index contributed by atoms with van der Waals surface area (Å²) in [7, 11) is 0. The number of nitriles is 1. The summed E-state index contributed by atoms with van der Waals surface area (Å²) < 4.78 is 14.4. The number of para-hydroxylation sites is 1. The Morgan fingerprint density at radius 1 is 1.16 bits per heavy atom. The Kier molecular flexibility index (Phi) is 8.14. The summed E-state index contributed by atoms with van der Waals surface area (Å²) in [5.74, 6) is 1.13. The number of nitrogens with zero attached hydrogens (tertiary/aromatic N) is 7. The maximum absolute atomic E-state index is 14.1. The van der Waals surface area contributed by atoms with Crippen molar-refractivity contribution in [2.45, 2.75) is 44.8 Å². The van der Waals surface area contributed by atoms with Gasteiger partial charge in [-0.05, 0) is 69.3 Å². The molecule has 2 saturated heterocycles. The van der Waals surface area contributed by atoms with E-state index >= 15 is 0 Å². The van der Waals surface area contributed by atoms with Crippen LogP contribution < -0.4 is 16.2 Å². The van der Waals surface area contributed by atoms with Gasteiger partial charge in [-0.3, -0.25) is 18.8 Å². The number of likely N-dealkylation sites (N-methyl/N-ethyl adjacent to an activating group) is 1. The number of hydrogen-bond acceptors (Lipinski definition) is 9. The number of nitrogen functional groups attached to an aromatic ring is 1. The molecule has 2 aliphatic rings. The molecule has 2 fully saturated rings. The molecule has 2 aromatic carbocycles. The van der Waals surface area contributed by atoms with Gasteiger partial charge in [0.15, 0.2) is 11.5 Å². The molecular formula is C33H36N8O4. The predicted octanol–water partition coefficient (Wildman–Crippen LogP) is 3.68. The van der Waals surface area contributed by atoms with E-state index in [1.54, 1.807) is 39.8 Å². The van der Waals surface area contributed by atoms with E-state index in [0.29, 0.717) is 54.5 Å². The first kappa shape index (κ1) is 30.1. The number of amides is 1. The zero-order valence-electron chi connectivity index (χ0n) is 25.6. The third kappa shape index (κ3) is 5.68. The van der Waals surface area contributed by atoms with Crippen molar-refractivity contribution >= 4 is 22.9 Å². The lowest BCUT2D eigenvalue weighted by Gasteiger charge is -2.45. The van der Waals surface area contributed by atoms with E-state index in [4.69, 9.17) is 15.2 Å². The molecule has 12 heteroatoms. The van der Waals surface area contributed by atoms with Gasteiger partial charge in [0.1, 0.15) is 35.0 Å². The molecule has 0 saturated carbocycles. The summed E-state index contributed by atoms with van der Waals surface area (Å²) in [5.41, 5.74) is 6.87. The SMILES string of the molecule is CCN(C1COC1)C(C)(C)C=C(C#N)C(=O)N1CCC(n2c(=O)n(-c3ccc(Oc4ccccc4)cc3)c3c(N)ncnc32)C1. The van der Waals surface area contributed by atoms with Crippen LogP contribution in [0.2, 0.25) is 0 Å². The first-order valence-corrected chi connectivity index (χ1v) is 15.0. The van der Waals surface area contributed by atoms with Crippen molar-refractivity contribution in [3.63, 3.8) is 0 Å². The fourth-order valence-corrected chi connectivity index (χ4v) is 6.35. The minimum absolute atomic E-state index is 0.0819. The molecule has 2 aliphatic heterocycles. The lowest BCUT2D eigenvalue weighted by molar-refractivity contribution is -0.126. The third-order valence-electron chi connectivity index (χ3n) is 8.56. The molecule has 0 radical (unpaired) electrons. The van der Waals surface area contributed by atoms with Crippen molar-refractivity contribution in [1.29, 1.82) is 5.26 Å². The van der Waals surface area contributed by atoms with Crippen LogP contribution in [0, 0.1) is 11.3 Å². The molecule has 0 aliphatic carbocycles. The monoisotopic (exact) mass is 608 g/mol. The smallest absolute Gasteiger partial charge is 0.335 e. The van der Waals surface area contributed by atoms with Crippen LogP contribution in [0.5, 0.6) is 11.5 Å². The summed E-state index contributed by atoms with van der Waals surface area (Å²) in [6.07, 6.45) is 3.60. The minimum atomic E-state index is -0.524. The van der Waals surface area contributed by atoms with E-state index in [1.807, 2.05) is 44.2 Å². The van der Waals surface area contributed by atoms with Gasteiger partial charge in [-0.25, -0.2) is 14.8 Å². The number of carbonyl (C=O) groups excluding carboxylic acids is 1. The predicted molar refractivity (Wildman–Crippen MR) is 169 cm³/mol. The molecule has 4 heterocycles. The number of ether oxygens (including phenoxy) is 2. The highest BCUT2D eigenvalue weighted by atomic mass is 16.5. The molecule has 0 bridgehead atoms. The lowest BCUT2D eigenvalue weighted by Crippen LogP contribution is -2.57. The standard InChI is InChI=1S/C33H36N8O4/c1-4-39(25-19-44-20-25)33(2,3)16-22(17-34)31(42)38-15-14-24(18-38)41-30-28(29(35)36-21-37-30)40(32(41)43)23-10-12-27(13-11-23)45-26-8-6-5-7-9-26/h5-13,16,21,24-25H,4,14-15,18-20H2,1-3H3,(H2,35,36,37). The molecule has 1 atom stereocenters. The Balaban J connectivity index is 1.27. The maximum atomic E-state index is 14.1. The lowest BCUT2D eigenvalue weighted by atomic mass is 9.95. The Labute approximate surface area is 260 Å². The molecule has 12 nitrogen and oxygen atoms in total. The summed E-state index contributed by atoms with van der Waals surface area (Å²) in [4.78, 5) is 40.1. The number of fused-ring (bicyclic) bond motifs is 1. The molecule has 45 heavy (non-hydrogen) atoms. The molecule has 2 aromatic heterocycles. The summed E-state index contributed by atoms with van der Waals surface area (Å²) >= 11 is 0. The second kappa shape index (κ2) is 12.2. The first-order valence-electron chi connectivity index (χ1n) is 15.0. The topological polar surface area (TPSA) is 145 Å². The van der Waals surface area contributed by atoms with Crippen LogP contribution in [-0.4, -0.2) is 79.2 Å². The first-order chi connectivity index (χ1) is 21.7. The molecule has 2 N–H and O–H groups in total. The van der Waals surface area contributed by atoms with Gasteiger partial charge in [-0.1, -0.05) is 25.1 Å². The molecule has 6 rings (SSSR count). The number of rotatable bonds is 9. The van der Waals surface area contributed by atoms with Gasteiger partial charge in [0.25, 0.3) is 5.91 Å². The van der Waals surface area contributed by atoms with E-state index in [-0.39, 0.29) is 41.6 Å². The van der Waals surface area contributed by atoms with Crippen molar-refractivity contribution in [2.75, 3.05) is 38.6 Å². The van der Waals surface area contributed by atoms with Crippen LogP contribution in [-0.2, 0) is 9.53 Å². The largest absolute Gasteiger partial charge is 0.457 e. The summed E-state index contributed by atoms with van der Waals surface area (Å²) in [6, 6.07) is 18.5. The Bertz CT molecular complexity index is 1830. The fraction of sp³-hybridized carbons (Fsp3) is 0.364. The normalized spacial score (nSPS) is 17.4. The Morgan fingerprint density at radius 2 is 1.87 bits per heavy atom. The molecule has 0 spiro atoms. The van der Waals surface area contributed by atoms with Crippen molar-refractivity contribution in [3.05, 3.63) is 83.1 Å². The highest BCUT2D eigenvalue weighted by Gasteiger charge is 2.37. The molecule has 1 amide bonds. The number of likely N-dealkylation sites (tertiary alicyclic amines) is 1. The van der Waals surface area contributed by atoms with Crippen LogP contribution in [0.15, 0.2) is 77.4 Å². The van der Waals surface area contributed by atoms with Crippen LogP contribution in [0.1, 0.15) is 33.2 Å². The fourth-order valence-electron chi connectivity index (χ4n) is 6.35. The van der Waals surface area contributed by atoms with Gasteiger partial charge in [-0.15, -0.1) is 0 Å². The number of imidazole rings is 1. The van der Waals surface area contributed by atoms with Gasteiger partial charge >= 0.3 is 5.69 Å². The number of carbonyl (C=O) groups is 1. The van der Waals surface area contributed by atoms with E-state index in [1.165, 1.54) is 10.9 Å². The second-order valence-corrected chi connectivity index (χ2v) is 11.8. The molecule has 1 unspecified atom stereocenters. The van der Waals surface area contributed by atoms with Crippen LogP contribution >= 0.6 is 0 Å². The van der Waals surface area contributed by atoms with Crippen molar-refractivity contribution < 1.29 is 14.3 Å².